The van der Waals surface area contributed by atoms with Crippen LogP contribution in [0.4, 0.5) is 4.79 Å². The van der Waals surface area contributed by atoms with Crippen molar-refractivity contribution in [2.24, 2.45) is 0 Å². The quantitative estimate of drug-likeness (QED) is 0.0642. The van der Waals surface area contributed by atoms with Gasteiger partial charge in [0.1, 0.15) is 23.1 Å². The van der Waals surface area contributed by atoms with E-state index in [1.807, 2.05) is 7.05 Å². The zero-order valence-electron chi connectivity index (χ0n) is 39.1. The average molecular weight is 918 g/mol. The van der Waals surface area contributed by atoms with Gasteiger partial charge in [-0.25, -0.2) is 27.9 Å². The van der Waals surface area contributed by atoms with E-state index >= 15 is 0 Å². The number of unbranched alkanes of at least 4 members (excludes halogenated alkanes) is 3. The Hall–Kier alpha value is -4.74. The molecule has 0 aliphatic rings. The number of hydrogen-bond acceptors (Lipinski definition) is 16. The Labute approximate surface area is 372 Å². The molecule has 362 valence electrons. The largest absolute Gasteiger partial charge is 0.481 e. The maximum Gasteiger partial charge on any atom is 0.407 e. The highest BCUT2D eigenvalue weighted by molar-refractivity contribution is 7.88. The molecule has 0 fully saturated rings. The molecule has 21 nitrogen and oxygen atoms in total. The van der Waals surface area contributed by atoms with Gasteiger partial charge < -0.3 is 46.2 Å². The van der Waals surface area contributed by atoms with Crippen LogP contribution in [0.2, 0.25) is 0 Å². The van der Waals surface area contributed by atoms with Crippen molar-refractivity contribution < 1.29 is 56.9 Å². The Morgan fingerprint density at radius 2 is 1.14 bits per heavy atom. The number of Topliss-reactive ketones (excluding diaryl/α,β-unsaturated/α-hetero) is 5. The molecule has 0 spiro atoms. The number of nitrogens with zero attached hydrogens (tertiary/aromatic N) is 2. The summed E-state index contributed by atoms with van der Waals surface area (Å²) in [7, 11) is 3.08. The van der Waals surface area contributed by atoms with E-state index in [2.05, 4.69) is 57.6 Å². The number of aromatic nitrogens is 4. The fourth-order valence-corrected chi connectivity index (χ4v) is 6.14. The summed E-state index contributed by atoms with van der Waals surface area (Å²) in [6, 6.07) is -1.84. The first-order valence-electron chi connectivity index (χ1n) is 20.6. The van der Waals surface area contributed by atoms with Gasteiger partial charge in [0.05, 0.1) is 62.3 Å². The predicted molar refractivity (Wildman–Crippen MR) is 240 cm³/mol. The number of H-pyrrole nitrogens is 2. The van der Waals surface area contributed by atoms with Crippen LogP contribution in [-0.4, -0.2) is 150 Å². The van der Waals surface area contributed by atoms with Crippen LogP contribution in [0, 0.1) is 0 Å². The summed E-state index contributed by atoms with van der Waals surface area (Å²) in [5, 5.41) is 28.2. The summed E-state index contributed by atoms with van der Waals surface area (Å²) in [6.07, 6.45) is 13.8. The summed E-state index contributed by atoms with van der Waals surface area (Å²) < 4.78 is 28.7. The number of aromatic amines is 2. The smallest absolute Gasteiger partial charge is 0.407 e. The first kappa shape index (κ1) is 62.6. The van der Waals surface area contributed by atoms with Crippen LogP contribution in [0.15, 0.2) is 25.0 Å². The second-order valence-corrected chi connectivity index (χ2v) is 16.4. The van der Waals surface area contributed by atoms with Crippen LogP contribution in [0.25, 0.3) is 0 Å². The van der Waals surface area contributed by atoms with Gasteiger partial charge in [0, 0.05) is 43.0 Å². The van der Waals surface area contributed by atoms with Crippen molar-refractivity contribution in [1.82, 2.24) is 45.9 Å². The third kappa shape index (κ3) is 35.4. The number of alkyl carbamates (subject to hydrolysis) is 1. The molecule has 0 saturated heterocycles. The SMILES string of the molecule is CC(=O)[C@H](Cc1cnc[nH]1)NS(C)(=O)=O.CCCCCC[C@H](NC)C(C)=O.CN[C@@H](CCCC(=O)O)C(C)=O.CN[C@H](C(C)=O)[C@@H](C)O.COC(=O)N[C@@H](Cc1cnc[nH]1)C(C)=O. The lowest BCUT2D eigenvalue weighted by molar-refractivity contribution is -0.137. The third-order valence-electron chi connectivity index (χ3n) is 8.91. The lowest BCUT2D eigenvalue weighted by Gasteiger charge is -2.14. The number of carboxylic acids is 1. The third-order valence-corrected chi connectivity index (χ3v) is 9.63. The number of rotatable bonds is 25. The van der Waals surface area contributed by atoms with E-state index in [1.165, 1.54) is 73.1 Å². The Bertz CT molecular complexity index is 1690. The number of aliphatic hydroxyl groups is 1. The number of amides is 1. The number of aliphatic carboxylic acids is 1. The van der Waals surface area contributed by atoms with Crippen LogP contribution in [0.1, 0.15) is 111 Å². The molecule has 22 heteroatoms. The Balaban J connectivity index is -0.000000723. The fraction of sp³-hybridized carbons (Fsp3) is 0.683. The van der Waals surface area contributed by atoms with E-state index in [0.29, 0.717) is 25.0 Å². The highest BCUT2D eigenvalue weighted by Gasteiger charge is 2.20. The van der Waals surface area contributed by atoms with E-state index in [9.17, 15) is 42.0 Å². The lowest BCUT2D eigenvalue weighted by Crippen LogP contribution is -2.41. The molecule has 0 aliphatic carbocycles. The molecule has 9 N–H and O–H groups in total. The van der Waals surface area contributed by atoms with E-state index in [0.717, 1.165) is 18.4 Å². The highest BCUT2D eigenvalue weighted by atomic mass is 32.2. The minimum atomic E-state index is -3.38. The first-order chi connectivity index (χ1) is 29.4. The Kier molecular flexibility index (Phi) is 36.5. The van der Waals surface area contributed by atoms with Crippen molar-refractivity contribution in [2.75, 3.05) is 34.5 Å². The second-order valence-electron chi connectivity index (χ2n) is 14.6. The molecule has 0 aliphatic heterocycles. The number of imidazole rings is 2. The number of ether oxygens (including phenoxy) is 1. The van der Waals surface area contributed by atoms with Gasteiger partial charge in [0.25, 0.3) is 0 Å². The molecule has 0 bridgehead atoms. The van der Waals surface area contributed by atoms with Crippen molar-refractivity contribution in [3.05, 3.63) is 36.4 Å². The van der Waals surface area contributed by atoms with E-state index in [-0.39, 0.29) is 53.8 Å². The summed E-state index contributed by atoms with van der Waals surface area (Å²) in [5.41, 5.74) is 1.50. The van der Waals surface area contributed by atoms with Crippen molar-refractivity contribution in [3.63, 3.8) is 0 Å². The molecule has 0 unspecified atom stereocenters. The van der Waals surface area contributed by atoms with E-state index in [1.54, 1.807) is 40.3 Å². The summed E-state index contributed by atoms with van der Waals surface area (Å²) in [6.45, 7) is 11.1. The van der Waals surface area contributed by atoms with Crippen LogP contribution in [0.5, 0.6) is 0 Å². The number of hydrogen-bond donors (Lipinski definition) is 9. The lowest BCUT2D eigenvalue weighted by atomic mass is 10.1. The minimum Gasteiger partial charge on any atom is -0.481 e. The second kappa shape index (κ2) is 36.7. The maximum absolute atomic E-state index is 11.2. The van der Waals surface area contributed by atoms with Crippen LogP contribution >= 0.6 is 0 Å². The van der Waals surface area contributed by atoms with E-state index in [4.69, 9.17) is 10.2 Å². The molecular formula is C41H75N9O12S. The van der Waals surface area contributed by atoms with Crippen LogP contribution in [-0.2, 0) is 56.4 Å². The molecule has 0 radical (unpaired) electrons. The number of aliphatic hydroxyl groups excluding tert-OH is 1. The number of carbonyl (C=O) groups is 7. The Morgan fingerprint density at radius 3 is 1.43 bits per heavy atom. The molecular weight excluding hydrogens is 843 g/mol. The van der Waals surface area contributed by atoms with Gasteiger partial charge in [-0.2, -0.15) is 0 Å². The molecule has 2 heterocycles. The summed E-state index contributed by atoms with van der Waals surface area (Å²) in [4.78, 5) is 89.2. The molecule has 2 rings (SSSR count). The average Bonchev–Trinajstić information content (AvgIpc) is 3.91. The van der Waals surface area contributed by atoms with Crippen molar-refractivity contribution >= 4 is 51.0 Å². The maximum atomic E-state index is 11.2. The number of ketones is 5. The molecule has 6 atom stereocenters. The molecule has 63 heavy (non-hydrogen) atoms. The molecule has 2 aromatic rings. The van der Waals surface area contributed by atoms with Gasteiger partial charge in [0.2, 0.25) is 10.0 Å². The van der Waals surface area contributed by atoms with Crippen molar-refractivity contribution in [1.29, 1.82) is 0 Å². The normalized spacial score (nSPS) is 13.3. The van der Waals surface area contributed by atoms with Crippen molar-refractivity contribution in [2.45, 2.75) is 149 Å². The standard InChI is InChI=1S/C10H21NO.C9H13N3O3.C8H13N3O3S.C8H15NO3.C6H13NO2/c1-4-5-6-7-8-10(11-3)9(2)12;1-6(13)8(12-9(14)15-2)3-7-4-10-5-11-7;1-6(12)8(11-15(2,13)14)3-7-4-9-5-10-7;1-6(10)7(9-2)4-3-5-8(11)12;1-4(8)6(7-3)5(2)9/h10-11H,4-8H2,1-3H3;4-5,8H,3H2,1-2H3,(H,10,11)(H,12,14);4-5,8,11H,3H2,1-2H3,(H,9,10);7,9H,3-5H2,1-2H3,(H,11,12);4,6-8H,1-3H3/t10-;2*8-;7-;4-,6+/m00001/s1. The summed E-state index contributed by atoms with van der Waals surface area (Å²) in [5.74, 6) is -0.886. The summed E-state index contributed by atoms with van der Waals surface area (Å²) >= 11 is 0. The topological polar surface area (TPSA) is 321 Å². The van der Waals surface area contributed by atoms with E-state index < -0.39 is 46.3 Å². The molecule has 1 amide bonds. The van der Waals surface area contributed by atoms with Crippen LogP contribution in [0.3, 0.4) is 0 Å². The number of carbonyl (C=O) groups excluding carboxylic acids is 6. The van der Waals surface area contributed by atoms with Crippen LogP contribution < -0.4 is 26.0 Å². The van der Waals surface area contributed by atoms with Gasteiger partial charge in [-0.15, -0.1) is 0 Å². The number of likely N-dealkylation sites (N-methyl/N-ethyl adjacent to an activating group) is 3. The number of carboxylic acid groups (broad SMARTS) is 1. The molecule has 0 aromatic carbocycles. The van der Waals surface area contributed by atoms with Gasteiger partial charge in [-0.1, -0.05) is 32.6 Å². The predicted octanol–water partition coefficient (Wildman–Crippen LogP) is 1.82. The molecule has 2 aromatic heterocycles. The fourth-order valence-electron chi connectivity index (χ4n) is 5.38. The Morgan fingerprint density at radius 1 is 0.698 bits per heavy atom. The minimum absolute atomic E-state index is 0.0347. The van der Waals surface area contributed by atoms with Gasteiger partial charge in [-0.05, 0) is 81.9 Å². The molecule has 0 saturated carbocycles. The monoisotopic (exact) mass is 918 g/mol. The van der Waals surface area contributed by atoms with Gasteiger partial charge in [0.15, 0.2) is 5.78 Å². The highest BCUT2D eigenvalue weighted by Crippen LogP contribution is 2.06. The van der Waals surface area contributed by atoms with Gasteiger partial charge in [-0.3, -0.25) is 28.8 Å². The number of nitrogens with one attached hydrogen (secondary N) is 7. The zero-order valence-corrected chi connectivity index (χ0v) is 39.9. The first-order valence-corrected chi connectivity index (χ1v) is 22.5. The zero-order chi connectivity index (χ0) is 49.1. The number of sulfonamides is 1. The van der Waals surface area contributed by atoms with Crippen molar-refractivity contribution in [3.8, 4) is 0 Å². The number of methoxy groups -OCH3 is 1. The van der Waals surface area contributed by atoms with Gasteiger partial charge >= 0.3 is 12.1 Å².